The van der Waals surface area contributed by atoms with Crippen LogP contribution in [0.3, 0.4) is 0 Å². The SMILES string of the molecule is CCCC[Si](CCCC)(CC(C)(C)C(=O)OCCc1ccc(-c2ccc(-c3nnc(-c4ccc(C(C)(C)C)cc4)o3)cc2)cc1)[Si](C)(C)C. The Morgan fingerprint density at radius 1 is 0.694 bits per heavy atom. The van der Waals surface area contributed by atoms with Crippen LogP contribution in [0.4, 0.5) is 0 Å². The maximum atomic E-state index is 13.5. The Morgan fingerprint density at radius 3 is 1.59 bits per heavy atom. The number of carbonyl (C=O) groups excluding carboxylic acids is 1. The van der Waals surface area contributed by atoms with Gasteiger partial charge in [-0.05, 0) is 71.8 Å². The van der Waals surface area contributed by atoms with E-state index in [1.54, 1.807) is 0 Å². The molecule has 0 bridgehead atoms. The molecule has 0 spiro atoms. The molecule has 3 aromatic carbocycles. The van der Waals surface area contributed by atoms with E-state index >= 15 is 0 Å². The molecule has 0 aliphatic rings. The quantitative estimate of drug-likeness (QED) is 0.0862. The summed E-state index contributed by atoms with van der Waals surface area (Å²) in [5.74, 6) is 0.994. The van der Waals surface area contributed by atoms with Gasteiger partial charge in [0, 0.05) is 32.7 Å². The monoisotopic (exact) mass is 696 g/mol. The molecular weight excluding hydrogens is 637 g/mol. The van der Waals surface area contributed by atoms with E-state index in [1.165, 1.54) is 43.3 Å². The lowest BCUT2D eigenvalue weighted by Gasteiger charge is -2.46. The van der Waals surface area contributed by atoms with Gasteiger partial charge in [0.05, 0.1) is 12.0 Å². The Kier molecular flexibility index (Phi) is 12.7. The summed E-state index contributed by atoms with van der Waals surface area (Å²) in [6.45, 7) is 23.6. The van der Waals surface area contributed by atoms with Crippen LogP contribution in [0.5, 0.6) is 0 Å². The molecule has 5 nitrogen and oxygen atoms in total. The van der Waals surface area contributed by atoms with Gasteiger partial charge in [-0.1, -0.05) is 141 Å². The third-order valence-corrected chi connectivity index (χ3v) is 29.3. The second kappa shape index (κ2) is 16.2. The van der Waals surface area contributed by atoms with E-state index in [0.29, 0.717) is 24.8 Å². The van der Waals surface area contributed by atoms with E-state index in [4.69, 9.17) is 9.15 Å². The Bertz CT molecular complexity index is 1620. The Hall–Kier alpha value is -3.30. The van der Waals surface area contributed by atoms with Crippen LogP contribution in [0.2, 0.25) is 37.8 Å². The number of rotatable bonds is 16. The highest BCUT2D eigenvalue weighted by Gasteiger charge is 2.49. The predicted molar refractivity (Wildman–Crippen MR) is 211 cm³/mol. The van der Waals surface area contributed by atoms with E-state index in [0.717, 1.165) is 33.9 Å². The summed E-state index contributed by atoms with van der Waals surface area (Å²) in [6, 6.07) is 28.9. The highest BCUT2D eigenvalue weighted by atomic mass is 29.3. The van der Waals surface area contributed by atoms with Crippen molar-refractivity contribution in [2.45, 2.75) is 124 Å². The second-order valence-corrected chi connectivity index (χ2v) is 32.8. The van der Waals surface area contributed by atoms with Crippen LogP contribution in [-0.4, -0.2) is 38.0 Å². The van der Waals surface area contributed by atoms with Crippen LogP contribution in [0.15, 0.2) is 77.2 Å². The maximum absolute atomic E-state index is 13.5. The van der Waals surface area contributed by atoms with E-state index in [-0.39, 0.29) is 11.4 Å². The average molecular weight is 697 g/mol. The lowest BCUT2D eigenvalue weighted by molar-refractivity contribution is -0.152. The molecule has 1 heterocycles. The van der Waals surface area contributed by atoms with Crippen LogP contribution in [0.25, 0.3) is 34.0 Å². The molecule has 0 atom stereocenters. The summed E-state index contributed by atoms with van der Waals surface area (Å²) in [6.07, 6.45) is 5.75. The topological polar surface area (TPSA) is 65.2 Å². The number of unbranched alkanes of at least 4 members (excludes halogenated alkanes) is 2. The Morgan fingerprint density at radius 2 is 1.14 bits per heavy atom. The minimum Gasteiger partial charge on any atom is -0.465 e. The molecule has 0 fully saturated rings. The van der Waals surface area contributed by atoms with Gasteiger partial charge in [0.25, 0.3) is 0 Å². The maximum Gasteiger partial charge on any atom is 0.311 e. The number of hydrogen-bond donors (Lipinski definition) is 0. The van der Waals surface area contributed by atoms with Gasteiger partial charge in [0.1, 0.15) is 0 Å². The van der Waals surface area contributed by atoms with Crippen LogP contribution in [-0.2, 0) is 21.4 Å². The normalized spacial score (nSPS) is 12.7. The van der Waals surface area contributed by atoms with Crippen molar-refractivity contribution in [3.8, 4) is 34.0 Å². The average Bonchev–Trinajstić information content (AvgIpc) is 3.56. The number of hydrogen-bond acceptors (Lipinski definition) is 5. The van der Waals surface area contributed by atoms with Crippen LogP contribution >= 0.6 is 0 Å². The number of carbonyl (C=O) groups is 1. The van der Waals surface area contributed by atoms with Gasteiger partial charge in [-0.2, -0.15) is 0 Å². The van der Waals surface area contributed by atoms with Crippen molar-refractivity contribution in [2.24, 2.45) is 5.41 Å². The predicted octanol–water partition coefficient (Wildman–Crippen LogP) is 11.9. The molecule has 0 aliphatic heterocycles. The Balaban J connectivity index is 1.34. The molecule has 0 radical (unpaired) electrons. The number of benzene rings is 3. The third kappa shape index (κ3) is 9.91. The molecule has 1 aromatic heterocycles. The number of ether oxygens (including phenoxy) is 1. The number of aromatic nitrogens is 2. The van der Waals surface area contributed by atoms with Crippen molar-refractivity contribution in [1.29, 1.82) is 0 Å². The number of esters is 1. The first-order chi connectivity index (χ1) is 23.1. The molecule has 0 N–H and O–H groups in total. The summed E-state index contributed by atoms with van der Waals surface area (Å²) in [4.78, 5) is 13.5. The lowest BCUT2D eigenvalue weighted by Crippen LogP contribution is -2.59. The van der Waals surface area contributed by atoms with E-state index in [9.17, 15) is 4.79 Å². The fourth-order valence-electron chi connectivity index (χ4n) is 6.96. The molecule has 0 amide bonds. The first kappa shape index (κ1) is 38.5. The van der Waals surface area contributed by atoms with E-state index < -0.39 is 20.6 Å². The van der Waals surface area contributed by atoms with Gasteiger partial charge in [0.2, 0.25) is 11.8 Å². The van der Waals surface area contributed by atoms with Crippen molar-refractivity contribution in [3.63, 3.8) is 0 Å². The van der Waals surface area contributed by atoms with Gasteiger partial charge in [0.15, 0.2) is 0 Å². The Labute approximate surface area is 298 Å². The summed E-state index contributed by atoms with van der Waals surface area (Å²) < 4.78 is 12.0. The largest absolute Gasteiger partial charge is 0.465 e. The molecule has 0 saturated carbocycles. The van der Waals surface area contributed by atoms with Crippen molar-refractivity contribution < 1.29 is 13.9 Å². The molecular formula is C42H60N2O3Si2. The fraction of sp³-hybridized carbons (Fsp3) is 0.500. The molecule has 7 heteroatoms. The molecule has 0 saturated heterocycles. The smallest absolute Gasteiger partial charge is 0.311 e. The molecule has 0 aliphatic carbocycles. The van der Waals surface area contributed by atoms with Gasteiger partial charge >= 0.3 is 5.97 Å². The minimum atomic E-state index is -1.60. The van der Waals surface area contributed by atoms with Crippen molar-refractivity contribution in [1.82, 2.24) is 10.2 Å². The highest BCUT2D eigenvalue weighted by molar-refractivity contribution is 7.41. The first-order valence-corrected chi connectivity index (χ1v) is 25.5. The zero-order valence-electron chi connectivity index (χ0n) is 31.9. The summed E-state index contributed by atoms with van der Waals surface area (Å²) in [5.41, 5.74) is 6.13. The summed E-state index contributed by atoms with van der Waals surface area (Å²) in [5, 5.41) is 8.60. The zero-order chi connectivity index (χ0) is 35.9. The molecule has 4 aromatic rings. The van der Waals surface area contributed by atoms with Crippen LogP contribution in [0.1, 0.15) is 85.3 Å². The van der Waals surface area contributed by atoms with Crippen LogP contribution < -0.4 is 0 Å². The van der Waals surface area contributed by atoms with E-state index in [1.807, 2.05) is 24.3 Å². The highest BCUT2D eigenvalue weighted by Crippen LogP contribution is 2.42. The fourth-order valence-corrected chi connectivity index (χ4v) is 22.0. The third-order valence-electron chi connectivity index (χ3n) is 10.4. The molecule has 49 heavy (non-hydrogen) atoms. The summed E-state index contributed by atoms with van der Waals surface area (Å²) >= 11 is 0. The van der Waals surface area contributed by atoms with Crippen LogP contribution in [0, 0.1) is 5.41 Å². The first-order valence-electron chi connectivity index (χ1n) is 18.4. The van der Waals surface area contributed by atoms with Gasteiger partial charge in [-0.15, -0.1) is 10.2 Å². The zero-order valence-corrected chi connectivity index (χ0v) is 33.9. The van der Waals surface area contributed by atoms with Crippen molar-refractivity contribution in [3.05, 3.63) is 83.9 Å². The van der Waals surface area contributed by atoms with Gasteiger partial charge < -0.3 is 9.15 Å². The van der Waals surface area contributed by atoms with Gasteiger partial charge in [-0.25, -0.2) is 0 Å². The standard InChI is InChI=1S/C42H60N2O3Si2/c1-11-13-29-49(30-14-12-2,48(8,9)10)31-42(6,7)40(45)46-28-27-32-15-17-33(18-16-32)34-19-21-35(22-20-34)38-43-44-39(47-38)36-23-25-37(26-24-36)41(3,4)5/h15-26H,11-14,27-31H2,1-10H3. The van der Waals surface area contributed by atoms with E-state index in [2.05, 4.69) is 127 Å². The molecule has 0 unspecified atom stereocenters. The van der Waals surface area contributed by atoms with Crippen molar-refractivity contribution in [2.75, 3.05) is 6.61 Å². The number of nitrogens with zero attached hydrogens (tertiary/aromatic N) is 2. The molecule has 4 rings (SSSR count). The van der Waals surface area contributed by atoms with Gasteiger partial charge in [-0.3, -0.25) is 4.79 Å². The van der Waals surface area contributed by atoms with Crippen molar-refractivity contribution >= 4 is 21.2 Å². The lowest BCUT2D eigenvalue weighted by atomic mass is 9.87. The second-order valence-electron chi connectivity index (χ2n) is 16.7. The molecule has 264 valence electrons. The minimum absolute atomic E-state index is 0.0286. The summed E-state index contributed by atoms with van der Waals surface area (Å²) in [7, 11) is -3.00.